The number of benzene rings is 2. The highest BCUT2D eigenvalue weighted by atomic mass is 35.5. The van der Waals surface area contributed by atoms with Gasteiger partial charge >= 0.3 is 0 Å². The summed E-state index contributed by atoms with van der Waals surface area (Å²) >= 11 is 6.34. The quantitative estimate of drug-likeness (QED) is 0.510. The van der Waals surface area contributed by atoms with E-state index in [1.807, 2.05) is 32.0 Å². The molecule has 2 amide bonds. The number of halogens is 1. The van der Waals surface area contributed by atoms with Crippen LogP contribution in [-0.4, -0.2) is 28.8 Å². The van der Waals surface area contributed by atoms with Crippen molar-refractivity contribution >= 4 is 23.4 Å². The van der Waals surface area contributed by atoms with E-state index in [-0.39, 0.29) is 17.9 Å². The van der Waals surface area contributed by atoms with Gasteiger partial charge in [-0.05, 0) is 55.4 Å². The van der Waals surface area contributed by atoms with Crippen LogP contribution >= 0.6 is 11.6 Å². The molecular formula is C26H35ClN2O2. The van der Waals surface area contributed by atoms with Crippen molar-refractivity contribution in [2.24, 2.45) is 0 Å². The zero-order valence-corrected chi connectivity index (χ0v) is 20.1. The fourth-order valence-corrected chi connectivity index (χ4v) is 3.52. The number of rotatable bonds is 10. The van der Waals surface area contributed by atoms with Crippen LogP contribution in [-0.2, 0) is 22.6 Å². The largest absolute Gasteiger partial charge is 0.352 e. The maximum atomic E-state index is 13.2. The predicted octanol–water partition coefficient (Wildman–Crippen LogP) is 5.73. The standard InChI is InChI=1S/C26H35ClN2O2/c1-6-19(4)28-26(31)20(5)29(17-23-9-7-8-10-24(23)27)25(30)16-13-21-11-14-22(15-12-21)18(2)3/h7-12,14-15,18-20H,6,13,16-17H2,1-5H3,(H,28,31)/t19-,20-/m0/s1. The van der Waals surface area contributed by atoms with Crippen molar-refractivity contribution < 1.29 is 9.59 Å². The van der Waals surface area contributed by atoms with Gasteiger partial charge in [0.25, 0.3) is 0 Å². The lowest BCUT2D eigenvalue weighted by atomic mass is 10.00. The second kappa shape index (κ2) is 11.9. The van der Waals surface area contributed by atoms with Gasteiger partial charge in [0.2, 0.25) is 11.8 Å². The maximum Gasteiger partial charge on any atom is 0.242 e. The molecule has 0 aliphatic heterocycles. The van der Waals surface area contributed by atoms with E-state index in [4.69, 9.17) is 11.6 Å². The Hall–Kier alpha value is -2.33. The molecule has 0 bridgehead atoms. The zero-order valence-electron chi connectivity index (χ0n) is 19.3. The Kier molecular flexibility index (Phi) is 9.57. The van der Waals surface area contributed by atoms with Gasteiger partial charge in [-0.2, -0.15) is 0 Å². The van der Waals surface area contributed by atoms with Crippen molar-refractivity contribution in [3.63, 3.8) is 0 Å². The minimum absolute atomic E-state index is 0.0559. The lowest BCUT2D eigenvalue weighted by Gasteiger charge is -2.30. The third kappa shape index (κ3) is 7.39. The highest BCUT2D eigenvalue weighted by Gasteiger charge is 2.27. The molecule has 2 aromatic rings. The van der Waals surface area contributed by atoms with Crippen LogP contribution in [0.25, 0.3) is 0 Å². The molecule has 2 rings (SSSR count). The summed E-state index contributed by atoms with van der Waals surface area (Å²) in [6, 6.07) is 15.3. The smallest absolute Gasteiger partial charge is 0.242 e. The monoisotopic (exact) mass is 442 g/mol. The molecule has 0 unspecified atom stereocenters. The topological polar surface area (TPSA) is 49.4 Å². The Morgan fingerprint density at radius 3 is 2.23 bits per heavy atom. The Bertz CT molecular complexity index is 864. The van der Waals surface area contributed by atoms with Crippen LogP contribution < -0.4 is 5.32 Å². The van der Waals surface area contributed by atoms with Gasteiger partial charge in [0.1, 0.15) is 6.04 Å². The van der Waals surface area contributed by atoms with Crippen molar-refractivity contribution in [3.05, 3.63) is 70.2 Å². The summed E-state index contributed by atoms with van der Waals surface area (Å²) in [6.45, 7) is 10.4. The van der Waals surface area contributed by atoms with Crippen molar-refractivity contribution in [1.82, 2.24) is 10.2 Å². The third-order valence-electron chi connectivity index (χ3n) is 5.74. The summed E-state index contributed by atoms with van der Waals surface area (Å²) in [4.78, 5) is 27.6. The summed E-state index contributed by atoms with van der Waals surface area (Å²) < 4.78 is 0. The van der Waals surface area contributed by atoms with Crippen molar-refractivity contribution in [2.75, 3.05) is 0 Å². The molecule has 0 aliphatic carbocycles. The molecule has 0 saturated heterocycles. The first kappa shape index (κ1) is 24.9. The number of hydrogen-bond donors (Lipinski definition) is 1. The van der Waals surface area contributed by atoms with Crippen LogP contribution in [0.15, 0.2) is 48.5 Å². The molecule has 5 heteroatoms. The molecule has 31 heavy (non-hydrogen) atoms. The van der Waals surface area contributed by atoms with Gasteiger partial charge < -0.3 is 10.2 Å². The molecule has 168 valence electrons. The van der Waals surface area contributed by atoms with Gasteiger partial charge in [-0.3, -0.25) is 9.59 Å². The van der Waals surface area contributed by atoms with Gasteiger partial charge in [-0.1, -0.05) is 74.8 Å². The summed E-state index contributed by atoms with van der Waals surface area (Å²) in [5.41, 5.74) is 3.24. The number of nitrogens with one attached hydrogen (secondary N) is 1. The number of carbonyl (C=O) groups excluding carboxylic acids is 2. The molecule has 0 fully saturated rings. The predicted molar refractivity (Wildman–Crippen MR) is 128 cm³/mol. The minimum Gasteiger partial charge on any atom is -0.352 e. The van der Waals surface area contributed by atoms with E-state index in [1.165, 1.54) is 5.56 Å². The highest BCUT2D eigenvalue weighted by Crippen LogP contribution is 2.20. The summed E-state index contributed by atoms with van der Waals surface area (Å²) in [6.07, 6.45) is 1.81. The van der Waals surface area contributed by atoms with Crippen LogP contribution in [0.4, 0.5) is 0 Å². The van der Waals surface area contributed by atoms with Crippen molar-refractivity contribution in [3.8, 4) is 0 Å². The molecule has 4 nitrogen and oxygen atoms in total. The SMILES string of the molecule is CC[C@H](C)NC(=O)[C@H](C)N(Cc1ccccc1Cl)C(=O)CCc1ccc(C(C)C)cc1. The van der Waals surface area contributed by atoms with E-state index in [2.05, 4.69) is 43.4 Å². The van der Waals surface area contributed by atoms with Crippen molar-refractivity contribution in [2.45, 2.75) is 78.4 Å². The second-order valence-corrected chi connectivity index (χ2v) is 8.91. The first-order valence-corrected chi connectivity index (χ1v) is 11.5. The molecule has 0 aromatic heterocycles. The van der Waals surface area contributed by atoms with E-state index in [1.54, 1.807) is 17.9 Å². The van der Waals surface area contributed by atoms with Crippen LogP contribution in [0.3, 0.4) is 0 Å². The number of aryl methyl sites for hydroxylation is 1. The Balaban J connectivity index is 2.14. The van der Waals surface area contributed by atoms with Crippen LogP contribution in [0.1, 0.15) is 70.1 Å². The second-order valence-electron chi connectivity index (χ2n) is 8.50. The van der Waals surface area contributed by atoms with Crippen LogP contribution in [0.5, 0.6) is 0 Å². The van der Waals surface area contributed by atoms with E-state index in [0.717, 1.165) is 17.5 Å². The average Bonchev–Trinajstić information content (AvgIpc) is 2.76. The summed E-state index contributed by atoms with van der Waals surface area (Å²) in [5.74, 6) is 0.280. The molecular weight excluding hydrogens is 408 g/mol. The fourth-order valence-electron chi connectivity index (χ4n) is 3.32. The van der Waals surface area contributed by atoms with Gasteiger partial charge in [-0.15, -0.1) is 0 Å². The molecule has 0 radical (unpaired) electrons. The molecule has 0 spiro atoms. The normalized spacial score (nSPS) is 13.0. The summed E-state index contributed by atoms with van der Waals surface area (Å²) in [7, 11) is 0. The first-order valence-electron chi connectivity index (χ1n) is 11.1. The van der Waals surface area contributed by atoms with Gasteiger partial charge in [0.05, 0.1) is 0 Å². The van der Waals surface area contributed by atoms with E-state index < -0.39 is 6.04 Å². The van der Waals surface area contributed by atoms with Crippen molar-refractivity contribution in [1.29, 1.82) is 0 Å². The molecule has 1 N–H and O–H groups in total. The fraction of sp³-hybridized carbons (Fsp3) is 0.462. The lowest BCUT2D eigenvalue weighted by molar-refractivity contribution is -0.140. The molecule has 2 aromatic carbocycles. The van der Waals surface area contributed by atoms with Gasteiger partial charge in [-0.25, -0.2) is 0 Å². The van der Waals surface area contributed by atoms with E-state index >= 15 is 0 Å². The van der Waals surface area contributed by atoms with E-state index in [9.17, 15) is 9.59 Å². The lowest BCUT2D eigenvalue weighted by Crippen LogP contribution is -2.49. The Morgan fingerprint density at radius 1 is 1.00 bits per heavy atom. The average molecular weight is 443 g/mol. The number of hydrogen-bond acceptors (Lipinski definition) is 2. The van der Waals surface area contributed by atoms with E-state index in [0.29, 0.717) is 30.3 Å². The van der Waals surface area contributed by atoms with Gasteiger partial charge in [0.15, 0.2) is 0 Å². The maximum absolute atomic E-state index is 13.2. The first-order chi connectivity index (χ1) is 14.7. The van der Waals surface area contributed by atoms with Crippen LogP contribution in [0, 0.1) is 0 Å². The third-order valence-corrected chi connectivity index (χ3v) is 6.11. The van der Waals surface area contributed by atoms with Crippen LogP contribution in [0.2, 0.25) is 5.02 Å². The molecule has 2 atom stereocenters. The molecule has 0 heterocycles. The Labute approximate surface area is 192 Å². The zero-order chi connectivity index (χ0) is 23.0. The highest BCUT2D eigenvalue weighted by molar-refractivity contribution is 6.31. The van der Waals surface area contributed by atoms with Gasteiger partial charge in [0, 0.05) is 24.0 Å². The molecule has 0 aliphatic rings. The number of carbonyl (C=O) groups is 2. The summed E-state index contributed by atoms with van der Waals surface area (Å²) in [5, 5.41) is 3.59. The number of nitrogens with zero attached hydrogens (tertiary/aromatic N) is 1. The number of amides is 2. The minimum atomic E-state index is -0.582. The molecule has 0 saturated carbocycles. The Morgan fingerprint density at radius 2 is 1.65 bits per heavy atom.